The molecule has 0 radical (unpaired) electrons. The normalized spacial score (nSPS) is 18.8. The first-order chi connectivity index (χ1) is 23.9. The van der Waals surface area contributed by atoms with Crippen molar-refractivity contribution in [3.05, 3.63) is 95.6 Å². The molecule has 2 heterocycles. The van der Waals surface area contributed by atoms with Crippen molar-refractivity contribution in [2.75, 3.05) is 39.9 Å². The molecule has 1 aliphatic carbocycles. The number of rotatable bonds is 9. The molecule has 0 bridgehead atoms. The van der Waals surface area contributed by atoms with E-state index in [2.05, 4.69) is 29.6 Å². The Morgan fingerprint density at radius 3 is 2.02 bits per heavy atom. The van der Waals surface area contributed by atoms with Gasteiger partial charge in [-0.25, -0.2) is 14.4 Å². The molecule has 264 valence electrons. The summed E-state index contributed by atoms with van der Waals surface area (Å²) in [7, 11) is 1.26. The fourth-order valence-corrected chi connectivity index (χ4v) is 7.29. The Kier molecular flexibility index (Phi) is 9.89. The number of carbonyl (C=O) groups is 4. The minimum atomic E-state index is -1.10. The number of benzene rings is 3. The van der Waals surface area contributed by atoms with E-state index >= 15 is 0 Å². The van der Waals surface area contributed by atoms with Crippen LogP contribution in [0.1, 0.15) is 50.3 Å². The van der Waals surface area contributed by atoms with Gasteiger partial charge in [-0.2, -0.15) is 0 Å². The maximum absolute atomic E-state index is 14.1. The summed E-state index contributed by atoms with van der Waals surface area (Å²) >= 11 is 0. The smallest absolute Gasteiger partial charge is 0.410 e. The van der Waals surface area contributed by atoms with Crippen LogP contribution in [0.15, 0.2) is 78.9 Å². The predicted octanol–water partition coefficient (Wildman–Crippen LogP) is 5.37. The van der Waals surface area contributed by atoms with Gasteiger partial charge in [-0.1, -0.05) is 78.9 Å². The molecule has 50 heavy (non-hydrogen) atoms. The second-order valence-electron chi connectivity index (χ2n) is 14.4. The molecule has 11 heteroatoms. The highest BCUT2D eigenvalue weighted by atomic mass is 16.6. The molecular weight excluding hydrogens is 638 g/mol. The van der Waals surface area contributed by atoms with Crippen molar-refractivity contribution in [3.63, 3.8) is 0 Å². The molecule has 6 rings (SSSR count). The molecule has 3 aromatic rings. The lowest BCUT2D eigenvalue weighted by molar-refractivity contribution is -0.151. The number of carbonyl (C=O) groups excluding carboxylic acids is 4. The van der Waals surface area contributed by atoms with Gasteiger partial charge < -0.3 is 34.1 Å². The van der Waals surface area contributed by atoms with Gasteiger partial charge in [-0.15, -0.1) is 0 Å². The molecule has 3 aliphatic rings. The molecule has 3 aromatic carbocycles. The van der Waals surface area contributed by atoms with Crippen LogP contribution in [-0.4, -0.2) is 91.5 Å². The van der Waals surface area contributed by atoms with Crippen LogP contribution < -0.4 is 5.32 Å². The number of hydrogen-bond donors (Lipinski definition) is 1. The lowest BCUT2D eigenvalue weighted by atomic mass is 9.71. The monoisotopic (exact) mass is 683 g/mol. The van der Waals surface area contributed by atoms with E-state index < -0.39 is 53.1 Å². The van der Waals surface area contributed by atoms with E-state index in [1.54, 1.807) is 27.7 Å². The third-order valence-electron chi connectivity index (χ3n) is 9.80. The Bertz CT molecular complexity index is 1690. The number of ether oxygens (including phenoxy) is 4. The first-order valence-electron chi connectivity index (χ1n) is 17.0. The van der Waals surface area contributed by atoms with E-state index in [0.29, 0.717) is 0 Å². The second-order valence-corrected chi connectivity index (χ2v) is 14.4. The Hall–Kier alpha value is -4.90. The zero-order valence-electron chi connectivity index (χ0n) is 29.2. The molecule has 3 atom stereocenters. The van der Waals surface area contributed by atoms with Gasteiger partial charge in [0.2, 0.25) is 5.91 Å². The fourth-order valence-electron chi connectivity index (χ4n) is 7.29. The Morgan fingerprint density at radius 2 is 1.42 bits per heavy atom. The maximum Gasteiger partial charge on any atom is 0.410 e. The van der Waals surface area contributed by atoms with Crippen LogP contribution in [0, 0.1) is 11.3 Å². The molecule has 2 fully saturated rings. The topological polar surface area (TPSA) is 124 Å². The number of hydrogen-bond acceptors (Lipinski definition) is 8. The summed E-state index contributed by atoms with van der Waals surface area (Å²) in [6, 6.07) is 24.6. The van der Waals surface area contributed by atoms with E-state index in [-0.39, 0.29) is 45.3 Å². The number of fused-ring (bicyclic) bond motifs is 3. The van der Waals surface area contributed by atoms with Crippen LogP contribution in [0.2, 0.25) is 0 Å². The Morgan fingerprint density at radius 1 is 0.840 bits per heavy atom. The summed E-state index contributed by atoms with van der Waals surface area (Å²) < 4.78 is 22.6. The highest BCUT2D eigenvalue weighted by Gasteiger charge is 2.60. The van der Waals surface area contributed by atoms with Crippen molar-refractivity contribution in [2.45, 2.75) is 58.0 Å². The minimum Gasteiger partial charge on any atom is -0.467 e. The third kappa shape index (κ3) is 7.19. The molecule has 0 saturated carbocycles. The largest absolute Gasteiger partial charge is 0.467 e. The van der Waals surface area contributed by atoms with Crippen molar-refractivity contribution in [1.82, 2.24) is 15.1 Å². The summed E-state index contributed by atoms with van der Waals surface area (Å²) in [6.07, 6.45) is -1.75. The lowest BCUT2D eigenvalue weighted by Crippen LogP contribution is -2.65. The third-order valence-corrected chi connectivity index (χ3v) is 9.80. The van der Waals surface area contributed by atoms with Crippen LogP contribution in [-0.2, 0) is 35.1 Å². The lowest BCUT2D eigenvalue weighted by Gasteiger charge is -2.50. The summed E-state index contributed by atoms with van der Waals surface area (Å²) in [6.45, 7) is 8.11. The number of nitrogens with one attached hydrogen (secondary N) is 1. The molecule has 3 amide bonds. The van der Waals surface area contributed by atoms with Gasteiger partial charge >= 0.3 is 18.2 Å². The first kappa shape index (κ1) is 34.9. The predicted molar refractivity (Wildman–Crippen MR) is 185 cm³/mol. The molecule has 1 N–H and O–H groups in total. The first-order valence-corrected chi connectivity index (χ1v) is 17.0. The average molecular weight is 684 g/mol. The number of amides is 3. The summed E-state index contributed by atoms with van der Waals surface area (Å²) in [5.74, 6) is -1.95. The number of methoxy groups -OCH3 is 1. The van der Waals surface area contributed by atoms with Crippen molar-refractivity contribution in [3.8, 4) is 11.1 Å². The molecule has 2 saturated heterocycles. The van der Waals surface area contributed by atoms with Crippen LogP contribution in [0.5, 0.6) is 0 Å². The van der Waals surface area contributed by atoms with Crippen LogP contribution >= 0.6 is 0 Å². The van der Waals surface area contributed by atoms with Crippen molar-refractivity contribution in [2.24, 2.45) is 11.3 Å². The average Bonchev–Trinajstić information content (AvgIpc) is 3.64. The van der Waals surface area contributed by atoms with E-state index in [1.165, 1.54) is 16.9 Å². The van der Waals surface area contributed by atoms with Gasteiger partial charge in [0.1, 0.15) is 12.2 Å². The second kappa shape index (κ2) is 14.1. The van der Waals surface area contributed by atoms with Crippen LogP contribution in [0.3, 0.4) is 0 Å². The highest BCUT2D eigenvalue weighted by Crippen LogP contribution is 2.46. The molecular formula is C39H45N3O8. The standard InChI is InChI=1S/C39H45N3O8/c1-25(48-20-26-13-7-6-8-14-26)33(35(44)47-5)40-34(43)32-19-41(22-39(32)23-42(24-39)37(46)50-38(2,3)4)36(45)49-21-31-29-17-11-9-15-27(29)28-16-10-12-18-30(28)31/h6-18,25,31-33H,19-24H2,1-5H3,(H,40,43)/t25-,32?,33+/m1/s1. The van der Waals surface area contributed by atoms with Gasteiger partial charge in [0.25, 0.3) is 0 Å². The minimum absolute atomic E-state index is 0.0534. The summed E-state index contributed by atoms with van der Waals surface area (Å²) in [5.41, 5.74) is 3.91. The molecule has 11 nitrogen and oxygen atoms in total. The fraction of sp³-hybridized carbons (Fsp3) is 0.436. The van der Waals surface area contributed by atoms with Gasteiger partial charge in [0.15, 0.2) is 6.04 Å². The molecule has 0 aromatic heterocycles. The van der Waals surface area contributed by atoms with Gasteiger partial charge in [0.05, 0.1) is 25.7 Å². The van der Waals surface area contributed by atoms with Crippen molar-refractivity contribution in [1.29, 1.82) is 0 Å². The number of esters is 1. The quantitative estimate of drug-likeness (QED) is 0.236. The SMILES string of the molecule is COC(=O)[C@@H](NC(=O)C1CN(C(=O)OCC2c3ccccc3-c3ccccc32)CC12CN(C(=O)OC(C)(C)C)C2)[C@@H](C)OCc1ccccc1. The van der Waals surface area contributed by atoms with E-state index in [4.69, 9.17) is 18.9 Å². The zero-order valence-corrected chi connectivity index (χ0v) is 29.2. The van der Waals surface area contributed by atoms with E-state index in [0.717, 1.165) is 27.8 Å². The van der Waals surface area contributed by atoms with E-state index in [9.17, 15) is 19.2 Å². The maximum atomic E-state index is 14.1. The van der Waals surface area contributed by atoms with Crippen molar-refractivity contribution < 1.29 is 38.1 Å². The molecule has 1 spiro atoms. The summed E-state index contributed by atoms with van der Waals surface area (Å²) in [5, 5.41) is 2.86. The van der Waals surface area contributed by atoms with Gasteiger partial charge in [-0.05, 0) is 55.5 Å². The van der Waals surface area contributed by atoms with Gasteiger partial charge in [-0.3, -0.25) is 4.79 Å². The van der Waals surface area contributed by atoms with Crippen molar-refractivity contribution >= 4 is 24.1 Å². The Labute approximate surface area is 292 Å². The van der Waals surface area contributed by atoms with Gasteiger partial charge in [0, 0.05) is 37.5 Å². The highest BCUT2D eigenvalue weighted by molar-refractivity contribution is 5.88. The van der Waals surface area contributed by atoms with Crippen LogP contribution in [0.25, 0.3) is 11.1 Å². The Balaban J connectivity index is 1.17. The number of nitrogens with zero attached hydrogens (tertiary/aromatic N) is 2. The van der Waals surface area contributed by atoms with E-state index in [1.807, 2.05) is 54.6 Å². The zero-order chi connectivity index (χ0) is 35.6. The molecule has 1 unspecified atom stereocenters. The molecule has 2 aliphatic heterocycles. The number of likely N-dealkylation sites (tertiary alicyclic amines) is 2. The van der Waals surface area contributed by atoms with Crippen LogP contribution in [0.4, 0.5) is 9.59 Å². The summed E-state index contributed by atoms with van der Waals surface area (Å²) in [4.78, 5) is 56.7.